The Morgan fingerprint density at radius 1 is 1.11 bits per heavy atom. The lowest BCUT2D eigenvalue weighted by Gasteiger charge is -2.41. The first kappa shape index (κ1) is 19.4. The van der Waals surface area contributed by atoms with E-state index >= 15 is 0 Å². The molecule has 0 amide bonds. The van der Waals surface area contributed by atoms with Gasteiger partial charge in [0.05, 0.1) is 12.0 Å². The fourth-order valence-corrected chi connectivity index (χ4v) is 5.56. The first-order valence-electron chi connectivity index (χ1n) is 9.62. The highest BCUT2D eigenvalue weighted by molar-refractivity contribution is 7.89. The van der Waals surface area contributed by atoms with Crippen LogP contribution in [0.4, 0.5) is 4.39 Å². The number of benzene rings is 2. The number of halogens is 1. The molecule has 1 saturated heterocycles. The van der Waals surface area contributed by atoms with Gasteiger partial charge in [0.2, 0.25) is 10.0 Å². The van der Waals surface area contributed by atoms with E-state index in [1.807, 2.05) is 30.3 Å². The van der Waals surface area contributed by atoms with Crippen LogP contribution in [0.1, 0.15) is 18.4 Å². The predicted octanol–water partition coefficient (Wildman–Crippen LogP) is 2.91. The van der Waals surface area contributed by atoms with Crippen molar-refractivity contribution in [2.24, 2.45) is 0 Å². The molecule has 0 radical (unpaired) electrons. The Morgan fingerprint density at radius 2 is 1.86 bits per heavy atom. The fourth-order valence-electron chi connectivity index (χ4n) is 3.95. The minimum atomic E-state index is -3.80. The van der Waals surface area contributed by atoms with E-state index in [1.54, 1.807) is 4.31 Å². The minimum Gasteiger partial charge on any atom is -0.494 e. The second-order valence-electron chi connectivity index (χ2n) is 7.48. The van der Waals surface area contributed by atoms with Gasteiger partial charge < -0.3 is 4.74 Å². The van der Waals surface area contributed by atoms with Gasteiger partial charge in [0.15, 0.2) is 11.6 Å². The second-order valence-corrected chi connectivity index (χ2v) is 9.37. The van der Waals surface area contributed by atoms with Crippen LogP contribution in [0.25, 0.3) is 0 Å². The van der Waals surface area contributed by atoms with E-state index in [2.05, 4.69) is 4.90 Å². The topological polar surface area (TPSA) is 49.9 Å². The smallest absolute Gasteiger partial charge is 0.243 e. The molecule has 28 heavy (non-hydrogen) atoms. The number of rotatable bonds is 6. The van der Waals surface area contributed by atoms with Crippen molar-refractivity contribution in [2.45, 2.75) is 36.2 Å². The summed E-state index contributed by atoms with van der Waals surface area (Å²) in [5.74, 6) is -0.627. The van der Waals surface area contributed by atoms with Crippen LogP contribution in [0.2, 0.25) is 0 Å². The molecule has 0 aromatic heterocycles. The third-order valence-electron chi connectivity index (χ3n) is 5.57. The van der Waals surface area contributed by atoms with Crippen LogP contribution in [0.5, 0.6) is 5.75 Å². The van der Waals surface area contributed by atoms with Crippen molar-refractivity contribution in [3.05, 3.63) is 59.9 Å². The molecule has 2 aromatic carbocycles. The summed E-state index contributed by atoms with van der Waals surface area (Å²) in [5.41, 5.74) is 1.10. The first-order valence-corrected chi connectivity index (χ1v) is 11.1. The van der Waals surface area contributed by atoms with Crippen LogP contribution in [0.15, 0.2) is 53.4 Å². The fraction of sp³-hybridized carbons (Fsp3) is 0.429. The van der Waals surface area contributed by atoms with E-state index in [0.717, 1.165) is 11.6 Å². The average Bonchev–Trinajstić information content (AvgIpc) is 3.54. The van der Waals surface area contributed by atoms with Gasteiger partial charge in [-0.05, 0) is 43.0 Å². The van der Waals surface area contributed by atoms with Crippen LogP contribution in [0, 0.1) is 5.82 Å². The lowest BCUT2D eigenvalue weighted by molar-refractivity contribution is 0.128. The van der Waals surface area contributed by atoms with E-state index < -0.39 is 15.8 Å². The SMILES string of the molecule is COc1ccc(S(=O)(=O)N2CCN(C3CC3)CC2Cc2ccccc2)cc1F. The molecular weight excluding hydrogens is 379 g/mol. The number of nitrogens with zero attached hydrogens (tertiary/aromatic N) is 2. The lowest BCUT2D eigenvalue weighted by Crippen LogP contribution is -2.56. The largest absolute Gasteiger partial charge is 0.494 e. The monoisotopic (exact) mass is 404 g/mol. The van der Waals surface area contributed by atoms with Crippen LogP contribution in [-0.4, -0.2) is 56.5 Å². The third-order valence-corrected chi connectivity index (χ3v) is 7.52. The highest BCUT2D eigenvalue weighted by Crippen LogP contribution is 2.32. The number of methoxy groups -OCH3 is 1. The summed E-state index contributed by atoms with van der Waals surface area (Å²) in [7, 11) is -2.44. The molecule has 1 aliphatic carbocycles. The molecule has 1 saturated carbocycles. The van der Waals surface area contributed by atoms with Gasteiger partial charge in [-0.25, -0.2) is 12.8 Å². The molecule has 2 fully saturated rings. The maximum absolute atomic E-state index is 14.2. The molecule has 1 unspecified atom stereocenters. The summed E-state index contributed by atoms with van der Waals surface area (Å²) in [5, 5.41) is 0. The van der Waals surface area contributed by atoms with Crippen LogP contribution in [0.3, 0.4) is 0 Å². The Bertz CT molecular complexity index is 932. The first-order chi connectivity index (χ1) is 13.5. The molecule has 1 aliphatic heterocycles. The molecule has 7 heteroatoms. The van der Waals surface area contributed by atoms with E-state index in [4.69, 9.17) is 4.74 Å². The highest BCUT2D eigenvalue weighted by Gasteiger charge is 2.40. The van der Waals surface area contributed by atoms with Crippen molar-refractivity contribution in [3.63, 3.8) is 0 Å². The summed E-state index contributed by atoms with van der Waals surface area (Å²) in [6.07, 6.45) is 3.02. The van der Waals surface area contributed by atoms with Gasteiger partial charge in [-0.3, -0.25) is 4.90 Å². The van der Waals surface area contributed by atoms with Crippen molar-refractivity contribution in [1.29, 1.82) is 0 Å². The standard InChI is InChI=1S/C21H25FN2O3S/c1-27-21-10-9-19(14-20(21)22)28(25,26)24-12-11-23(17-7-8-17)15-18(24)13-16-5-3-2-4-6-16/h2-6,9-10,14,17-18H,7-8,11-13,15H2,1H3. The van der Waals surface area contributed by atoms with Gasteiger partial charge in [0.1, 0.15) is 0 Å². The van der Waals surface area contributed by atoms with Gasteiger partial charge in [0.25, 0.3) is 0 Å². The summed E-state index contributed by atoms with van der Waals surface area (Å²) < 4.78 is 47.3. The molecule has 1 heterocycles. The zero-order chi connectivity index (χ0) is 19.7. The summed E-state index contributed by atoms with van der Waals surface area (Å²) >= 11 is 0. The molecule has 2 aliphatic rings. The number of piperazine rings is 1. The van der Waals surface area contributed by atoms with Crippen molar-refractivity contribution >= 4 is 10.0 Å². The third kappa shape index (κ3) is 3.92. The maximum Gasteiger partial charge on any atom is 0.243 e. The molecule has 5 nitrogen and oxygen atoms in total. The zero-order valence-electron chi connectivity index (χ0n) is 15.9. The average molecular weight is 405 g/mol. The Hall–Kier alpha value is -1.96. The number of ether oxygens (including phenoxy) is 1. The van der Waals surface area contributed by atoms with Crippen molar-refractivity contribution in [3.8, 4) is 5.75 Å². The minimum absolute atomic E-state index is 0.0243. The normalized spacial score (nSPS) is 21.6. The van der Waals surface area contributed by atoms with Gasteiger partial charge in [-0.15, -0.1) is 0 Å². The molecular formula is C21H25FN2O3S. The van der Waals surface area contributed by atoms with Gasteiger partial charge >= 0.3 is 0 Å². The number of hydrogen-bond acceptors (Lipinski definition) is 4. The Balaban J connectivity index is 1.63. The summed E-state index contributed by atoms with van der Waals surface area (Å²) in [6, 6.07) is 14.2. The number of hydrogen-bond donors (Lipinski definition) is 0. The zero-order valence-corrected chi connectivity index (χ0v) is 16.7. The highest BCUT2D eigenvalue weighted by atomic mass is 32.2. The van der Waals surface area contributed by atoms with Gasteiger partial charge in [-0.2, -0.15) is 4.31 Å². The van der Waals surface area contributed by atoms with Gasteiger partial charge in [-0.1, -0.05) is 30.3 Å². The van der Waals surface area contributed by atoms with Gasteiger partial charge in [0, 0.05) is 31.7 Å². The van der Waals surface area contributed by atoms with Crippen LogP contribution in [-0.2, 0) is 16.4 Å². The molecule has 2 aromatic rings. The second kappa shape index (κ2) is 7.81. The van der Waals surface area contributed by atoms with E-state index in [0.29, 0.717) is 32.1 Å². The van der Waals surface area contributed by atoms with Crippen molar-refractivity contribution in [1.82, 2.24) is 9.21 Å². The Labute approximate surface area is 165 Å². The predicted molar refractivity (Wildman–Crippen MR) is 105 cm³/mol. The quantitative estimate of drug-likeness (QED) is 0.743. The van der Waals surface area contributed by atoms with Crippen molar-refractivity contribution in [2.75, 3.05) is 26.7 Å². The van der Waals surface area contributed by atoms with Crippen molar-refractivity contribution < 1.29 is 17.5 Å². The molecule has 0 N–H and O–H groups in total. The summed E-state index contributed by atoms with van der Waals surface area (Å²) in [4.78, 5) is 2.37. The molecule has 150 valence electrons. The Kier molecular flexibility index (Phi) is 5.40. The molecule has 0 bridgehead atoms. The van der Waals surface area contributed by atoms with E-state index in [9.17, 15) is 12.8 Å². The molecule has 0 spiro atoms. The van der Waals surface area contributed by atoms with E-state index in [-0.39, 0.29) is 16.7 Å². The lowest BCUT2D eigenvalue weighted by atomic mass is 10.0. The molecule has 4 rings (SSSR count). The Morgan fingerprint density at radius 3 is 2.50 bits per heavy atom. The maximum atomic E-state index is 14.2. The summed E-state index contributed by atoms with van der Waals surface area (Å²) in [6.45, 7) is 1.84. The van der Waals surface area contributed by atoms with Crippen LogP contribution >= 0.6 is 0 Å². The molecule has 1 atom stereocenters. The van der Waals surface area contributed by atoms with Crippen LogP contribution < -0.4 is 4.74 Å². The van der Waals surface area contributed by atoms with E-state index in [1.165, 1.54) is 32.1 Å². The number of sulfonamides is 1.